The molecule has 0 fully saturated rings. The highest BCUT2D eigenvalue weighted by Gasteiger charge is 2.13. The van der Waals surface area contributed by atoms with Gasteiger partial charge in [-0.05, 0) is 36.8 Å². The summed E-state index contributed by atoms with van der Waals surface area (Å²) < 4.78 is 0. The molecule has 102 valence electrons. The van der Waals surface area contributed by atoms with Gasteiger partial charge in [-0.1, -0.05) is 17.7 Å². The number of carbonyl (C=O) groups is 2. The number of aromatic carboxylic acids is 1. The highest BCUT2D eigenvalue weighted by molar-refractivity contribution is 6.34. The first-order chi connectivity index (χ1) is 9.49. The quantitative estimate of drug-likeness (QED) is 0.911. The third kappa shape index (κ3) is 2.95. The second-order valence-corrected chi connectivity index (χ2v) is 4.53. The van der Waals surface area contributed by atoms with Crippen LogP contribution in [0.25, 0.3) is 0 Å². The van der Waals surface area contributed by atoms with E-state index in [4.69, 9.17) is 16.7 Å². The molecule has 0 saturated heterocycles. The summed E-state index contributed by atoms with van der Waals surface area (Å²) in [4.78, 5) is 26.9. The summed E-state index contributed by atoms with van der Waals surface area (Å²) in [5, 5.41) is 11.6. The average molecular weight is 291 g/mol. The summed E-state index contributed by atoms with van der Waals surface area (Å²) in [6.07, 6.45) is 1.52. The van der Waals surface area contributed by atoms with Crippen molar-refractivity contribution in [2.24, 2.45) is 0 Å². The largest absolute Gasteiger partial charge is 0.478 e. The normalized spacial score (nSPS) is 10.1. The molecule has 0 spiro atoms. The lowest BCUT2D eigenvalue weighted by molar-refractivity contribution is 0.0696. The maximum absolute atomic E-state index is 12.1. The molecular formula is C14H11ClN2O3. The van der Waals surface area contributed by atoms with Gasteiger partial charge in [-0.3, -0.25) is 9.78 Å². The lowest BCUT2D eigenvalue weighted by Crippen LogP contribution is -2.15. The average Bonchev–Trinajstić information content (AvgIpc) is 2.41. The first-order valence-corrected chi connectivity index (χ1v) is 6.12. The topological polar surface area (TPSA) is 79.3 Å². The third-order valence-electron chi connectivity index (χ3n) is 2.69. The van der Waals surface area contributed by atoms with Crippen molar-refractivity contribution in [3.05, 3.63) is 58.4 Å². The second kappa shape index (κ2) is 5.71. The number of aryl methyl sites for hydroxylation is 1. The zero-order valence-corrected chi connectivity index (χ0v) is 11.3. The van der Waals surface area contributed by atoms with Crippen molar-refractivity contribution >= 4 is 29.2 Å². The number of carbonyl (C=O) groups excluding carboxylic acids is 1. The van der Waals surface area contributed by atoms with Crippen molar-refractivity contribution in [3.8, 4) is 0 Å². The highest BCUT2D eigenvalue weighted by Crippen LogP contribution is 2.23. The van der Waals surface area contributed by atoms with Crippen molar-refractivity contribution in [1.29, 1.82) is 0 Å². The van der Waals surface area contributed by atoms with Gasteiger partial charge in [-0.15, -0.1) is 0 Å². The van der Waals surface area contributed by atoms with Crippen LogP contribution in [0.1, 0.15) is 26.4 Å². The van der Waals surface area contributed by atoms with Gasteiger partial charge >= 0.3 is 5.97 Å². The first kappa shape index (κ1) is 14.0. The summed E-state index contributed by atoms with van der Waals surface area (Å²) in [5.41, 5.74) is 1.43. The van der Waals surface area contributed by atoms with Gasteiger partial charge in [0.15, 0.2) is 0 Å². The molecule has 1 amide bonds. The van der Waals surface area contributed by atoms with Gasteiger partial charge < -0.3 is 10.4 Å². The van der Waals surface area contributed by atoms with E-state index in [9.17, 15) is 9.59 Å². The molecule has 2 rings (SSSR count). The molecule has 0 radical (unpaired) electrons. The number of nitrogens with zero attached hydrogens (tertiary/aromatic N) is 1. The predicted octanol–water partition coefficient (Wildman–Crippen LogP) is 2.99. The van der Waals surface area contributed by atoms with E-state index in [0.29, 0.717) is 11.4 Å². The number of benzene rings is 1. The van der Waals surface area contributed by atoms with Crippen LogP contribution in [0.4, 0.5) is 5.69 Å². The zero-order chi connectivity index (χ0) is 14.7. The molecule has 6 heteroatoms. The van der Waals surface area contributed by atoms with E-state index in [-0.39, 0.29) is 10.6 Å². The van der Waals surface area contributed by atoms with Crippen LogP contribution >= 0.6 is 11.6 Å². The van der Waals surface area contributed by atoms with Crippen LogP contribution in [-0.2, 0) is 0 Å². The number of carboxylic acids is 1. The number of anilines is 1. The second-order valence-electron chi connectivity index (χ2n) is 4.12. The number of carboxylic acid groups (broad SMARTS) is 1. The molecule has 0 atom stereocenters. The maximum atomic E-state index is 12.1. The maximum Gasteiger partial charge on any atom is 0.335 e. The molecule has 2 N–H and O–H groups in total. The molecule has 2 aromatic rings. The Balaban J connectivity index is 2.25. The van der Waals surface area contributed by atoms with E-state index in [1.807, 2.05) is 0 Å². The molecule has 0 saturated carbocycles. The predicted molar refractivity (Wildman–Crippen MR) is 75.3 cm³/mol. The lowest BCUT2D eigenvalue weighted by Gasteiger charge is -2.08. The number of nitrogens with one attached hydrogen (secondary N) is 1. The van der Waals surface area contributed by atoms with Crippen molar-refractivity contribution < 1.29 is 14.7 Å². The molecule has 20 heavy (non-hydrogen) atoms. The van der Waals surface area contributed by atoms with Gasteiger partial charge in [0.1, 0.15) is 5.69 Å². The molecule has 1 aromatic heterocycles. The molecule has 0 aliphatic carbocycles. The Bertz CT molecular complexity index is 686. The minimum Gasteiger partial charge on any atom is -0.478 e. The van der Waals surface area contributed by atoms with Crippen molar-refractivity contribution in [3.63, 3.8) is 0 Å². The number of hydrogen-bond acceptors (Lipinski definition) is 3. The van der Waals surface area contributed by atoms with Crippen molar-refractivity contribution in [2.45, 2.75) is 6.92 Å². The fourth-order valence-electron chi connectivity index (χ4n) is 1.65. The van der Waals surface area contributed by atoms with Crippen LogP contribution in [0.3, 0.4) is 0 Å². The van der Waals surface area contributed by atoms with Crippen LogP contribution < -0.4 is 5.32 Å². The van der Waals surface area contributed by atoms with Crippen LogP contribution in [-0.4, -0.2) is 22.0 Å². The van der Waals surface area contributed by atoms with Gasteiger partial charge in [0.05, 0.1) is 16.3 Å². The van der Waals surface area contributed by atoms with E-state index in [1.165, 1.54) is 24.4 Å². The molecule has 0 aliphatic rings. The monoisotopic (exact) mass is 290 g/mol. The van der Waals surface area contributed by atoms with Crippen molar-refractivity contribution in [1.82, 2.24) is 4.98 Å². The number of pyridine rings is 1. The fraction of sp³-hybridized carbons (Fsp3) is 0.0714. The molecule has 0 aliphatic heterocycles. The molecule has 1 heterocycles. The van der Waals surface area contributed by atoms with Gasteiger partial charge in [0.2, 0.25) is 0 Å². The smallest absolute Gasteiger partial charge is 0.335 e. The number of halogens is 1. The van der Waals surface area contributed by atoms with Crippen molar-refractivity contribution in [2.75, 3.05) is 5.32 Å². The molecule has 0 bridgehead atoms. The first-order valence-electron chi connectivity index (χ1n) is 5.75. The molecule has 5 nitrogen and oxygen atoms in total. The Kier molecular flexibility index (Phi) is 4.00. The summed E-state index contributed by atoms with van der Waals surface area (Å²) in [5.74, 6) is -1.47. The SMILES string of the molecule is Cc1cccnc1C(=O)Nc1ccc(C(=O)O)cc1Cl. The van der Waals surface area contributed by atoms with Crippen LogP contribution in [0.15, 0.2) is 36.5 Å². The van der Waals surface area contributed by atoms with E-state index in [1.54, 1.807) is 19.1 Å². The van der Waals surface area contributed by atoms with E-state index in [2.05, 4.69) is 10.3 Å². The number of aromatic nitrogens is 1. The van der Waals surface area contributed by atoms with E-state index >= 15 is 0 Å². The Hall–Kier alpha value is -2.40. The van der Waals surface area contributed by atoms with Gasteiger partial charge in [-0.25, -0.2) is 4.79 Å². The molecule has 0 unspecified atom stereocenters. The fourth-order valence-corrected chi connectivity index (χ4v) is 1.88. The zero-order valence-electron chi connectivity index (χ0n) is 10.6. The minimum absolute atomic E-state index is 0.0574. The lowest BCUT2D eigenvalue weighted by atomic mass is 10.2. The van der Waals surface area contributed by atoms with Gasteiger partial charge in [0, 0.05) is 6.20 Å². The van der Waals surface area contributed by atoms with Crippen LogP contribution in [0.2, 0.25) is 5.02 Å². The Labute approximate surface area is 120 Å². The number of amides is 1. The van der Waals surface area contributed by atoms with E-state index < -0.39 is 11.9 Å². The van der Waals surface area contributed by atoms with E-state index in [0.717, 1.165) is 5.56 Å². The summed E-state index contributed by atoms with van der Waals surface area (Å²) in [6.45, 7) is 1.77. The Morgan fingerprint density at radius 2 is 2.05 bits per heavy atom. The number of rotatable bonds is 3. The number of hydrogen-bond donors (Lipinski definition) is 2. The highest BCUT2D eigenvalue weighted by atomic mass is 35.5. The minimum atomic E-state index is -1.08. The Morgan fingerprint density at radius 1 is 1.30 bits per heavy atom. The summed E-state index contributed by atoms with van der Waals surface area (Å²) >= 11 is 5.95. The molecule has 1 aromatic carbocycles. The third-order valence-corrected chi connectivity index (χ3v) is 3.00. The summed E-state index contributed by atoms with van der Waals surface area (Å²) in [6, 6.07) is 7.61. The van der Waals surface area contributed by atoms with Crippen LogP contribution in [0.5, 0.6) is 0 Å². The molecular weight excluding hydrogens is 280 g/mol. The van der Waals surface area contributed by atoms with Gasteiger partial charge in [0.25, 0.3) is 5.91 Å². The summed E-state index contributed by atoms with van der Waals surface area (Å²) in [7, 11) is 0. The van der Waals surface area contributed by atoms with Gasteiger partial charge in [-0.2, -0.15) is 0 Å². The standard InChI is InChI=1S/C14H11ClN2O3/c1-8-3-2-6-16-12(8)13(18)17-11-5-4-9(14(19)20)7-10(11)15/h2-7H,1H3,(H,17,18)(H,19,20). The Morgan fingerprint density at radius 3 is 2.65 bits per heavy atom. The van der Waals surface area contributed by atoms with Crippen LogP contribution in [0, 0.1) is 6.92 Å².